The highest BCUT2D eigenvalue weighted by Crippen LogP contribution is 2.43. The molecule has 2 aliphatic carbocycles. The molecule has 0 unspecified atom stereocenters. The number of aliphatic carboxylic acids is 1. The van der Waals surface area contributed by atoms with Crippen molar-refractivity contribution in [2.75, 3.05) is 7.11 Å². The van der Waals surface area contributed by atoms with Crippen LogP contribution in [0.15, 0.2) is 30.4 Å². The Balaban J connectivity index is 1.77. The van der Waals surface area contributed by atoms with Crippen molar-refractivity contribution in [1.29, 1.82) is 0 Å². The van der Waals surface area contributed by atoms with Gasteiger partial charge in [-0.05, 0) is 42.4 Å². The fourth-order valence-corrected chi connectivity index (χ4v) is 3.75. The highest BCUT2D eigenvalue weighted by Gasteiger charge is 2.40. The molecule has 0 heterocycles. The van der Waals surface area contributed by atoms with E-state index in [4.69, 9.17) is 16.3 Å². The van der Waals surface area contributed by atoms with Crippen LogP contribution in [-0.2, 0) is 9.59 Å². The van der Waals surface area contributed by atoms with Gasteiger partial charge in [-0.15, -0.1) is 0 Å². The Bertz CT molecular complexity index is 673. The van der Waals surface area contributed by atoms with Gasteiger partial charge in [-0.25, -0.2) is 4.79 Å². The fraction of sp³-hybridized carbons (Fsp3) is 0.412. The highest BCUT2D eigenvalue weighted by molar-refractivity contribution is 6.32. The van der Waals surface area contributed by atoms with E-state index in [1.165, 1.54) is 13.2 Å². The van der Waals surface area contributed by atoms with Crippen LogP contribution < -0.4 is 10.1 Å². The van der Waals surface area contributed by atoms with Crippen molar-refractivity contribution in [3.8, 4) is 5.75 Å². The minimum atomic E-state index is -1.12. The zero-order chi connectivity index (χ0) is 16.6. The minimum Gasteiger partial charge on any atom is -0.495 e. The molecule has 0 aromatic heterocycles. The van der Waals surface area contributed by atoms with Crippen molar-refractivity contribution in [2.24, 2.45) is 17.8 Å². The number of hydrogen-bond donors (Lipinski definition) is 2. The molecule has 0 aliphatic heterocycles. The van der Waals surface area contributed by atoms with Crippen LogP contribution in [0.5, 0.6) is 5.75 Å². The van der Waals surface area contributed by atoms with E-state index < -0.39 is 12.0 Å². The van der Waals surface area contributed by atoms with Gasteiger partial charge in [0.25, 0.3) is 0 Å². The third-order valence-electron chi connectivity index (χ3n) is 4.66. The van der Waals surface area contributed by atoms with Crippen LogP contribution in [0, 0.1) is 17.8 Å². The summed E-state index contributed by atoms with van der Waals surface area (Å²) in [6.07, 6.45) is 6.00. The van der Waals surface area contributed by atoms with Crippen molar-refractivity contribution in [1.82, 2.24) is 5.32 Å². The number of methoxy groups -OCH3 is 1. The predicted octanol–water partition coefficient (Wildman–Crippen LogP) is 2.80. The number of halogens is 1. The number of benzene rings is 1. The Morgan fingerprint density at radius 2 is 2.13 bits per heavy atom. The van der Waals surface area contributed by atoms with E-state index >= 15 is 0 Å². The van der Waals surface area contributed by atoms with E-state index in [2.05, 4.69) is 17.5 Å². The third-order valence-corrected chi connectivity index (χ3v) is 4.95. The number of carboxylic acids is 1. The van der Waals surface area contributed by atoms with E-state index in [1.54, 1.807) is 12.1 Å². The number of carbonyl (C=O) groups is 2. The van der Waals surface area contributed by atoms with Gasteiger partial charge in [-0.1, -0.05) is 29.8 Å². The molecule has 2 aliphatic rings. The quantitative estimate of drug-likeness (QED) is 0.811. The SMILES string of the molecule is COc1ccc([C@H](NC(=O)[C@H]2C[C@H]3C=C[C@H]2C3)C(=O)O)cc1Cl. The molecule has 23 heavy (non-hydrogen) atoms. The van der Waals surface area contributed by atoms with Crippen LogP contribution in [0.25, 0.3) is 0 Å². The summed E-state index contributed by atoms with van der Waals surface area (Å²) in [6.45, 7) is 0. The lowest BCUT2D eigenvalue weighted by molar-refractivity contribution is -0.142. The molecule has 3 rings (SSSR count). The second-order valence-electron chi connectivity index (χ2n) is 6.06. The largest absolute Gasteiger partial charge is 0.495 e. The van der Waals surface area contributed by atoms with E-state index in [1.807, 2.05) is 0 Å². The number of ether oxygens (including phenoxy) is 1. The summed E-state index contributed by atoms with van der Waals surface area (Å²) in [5.74, 6) is -0.312. The number of amides is 1. The third kappa shape index (κ3) is 3.06. The maximum atomic E-state index is 12.5. The first-order valence-electron chi connectivity index (χ1n) is 7.54. The van der Waals surface area contributed by atoms with Crippen LogP contribution in [0.1, 0.15) is 24.4 Å². The van der Waals surface area contributed by atoms with Crippen molar-refractivity contribution in [3.05, 3.63) is 40.9 Å². The average molecular weight is 336 g/mol. The first-order valence-corrected chi connectivity index (χ1v) is 7.92. The number of carboxylic acid groups (broad SMARTS) is 1. The van der Waals surface area contributed by atoms with Gasteiger partial charge in [0.05, 0.1) is 12.1 Å². The molecule has 6 heteroatoms. The minimum absolute atomic E-state index is 0.138. The Morgan fingerprint density at radius 1 is 1.35 bits per heavy atom. The van der Waals surface area contributed by atoms with Gasteiger partial charge in [-0.2, -0.15) is 0 Å². The molecule has 122 valence electrons. The van der Waals surface area contributed by atoms with Gasteiger partial charge >= 0.3 is 5.97 Å². The molecule has 1 fully saturated rings. The molecule has 4 atom stereocenters. The Morgan fingerprint density at radius 3 is 2.65 bits per heavy atom. The van der Waals surface area contributed by atoms with Crippen LogP contribution in [0.4, 0.5) is 0 Å². The summed E-state index contributed by atoms with van der Waals surface area (Å²) in [5.41, 5.74) is 0.426. The lowest BCUT2D eigenvalue weighted by Gasteiger charge is -2.21. The van der Waals surface area contributed by atoms with Crippen LogP contribution in [0.3, 0.4) is 0 Å². The number of nitrogens with one attached hydrogen (secondary N) is 1. The summed E-state index contributed by atoms with van der Waals surface area (Å²) in [4.78, 5) is 24.0. The molecule has 1 saturated carbocycles. The molecule has 2 bridgehead atoms. The summed E-state index contributed by atoms with van der Waals surface area (Å²) < 4.78 is 5.06. The van der Waals surface area contributed by atoms with Crippen molar-refractivity contribution in [3.63, 3.8) is 0 Å². The molecule has 1 amide bonds. The van der Waals surface area contributed by atoms with E-state index in [0.717, 1.165) is 12.8 Å². The zero-order valence-corrected chi connectivity index (χ0v) is 13.4. The maximum absolute atomic E-state index is 12.5. The van der Waals surface area contributed by atoms with Gasteiger partial charge in [0.2, 0.25) is 5.91 Å². The molecule has 5 nitrogen and oxygen atoms in total. The molecular weight excluding hydrogens is 318 g/mol. The van der Waals surface area contributed by atoms with Crippen molar-refractivity contribution in [2.45, 2.75) is 18.9 Å². The second-order valence-corrected chi connectivity index (χ2v) is 6.47. The van der Waals surface area contributed by atoms with Gasteiger partial charge in [0, 0.05) is 5.92 Å². The number of carbonyl (C=O) groups excluding carboxylic acids is 1. The van der Waals surface area contributed by atoms with Crippen LogP contribution in [0.2, 0.25) is 5.02 Å². The van der Waals surface area contributed by atoms with Gasteiger partial charge in [0.1, 0.15) is 5.75 Å². The predicted molar refractivity (Wildman–Crippen MR) is 85.4 cm³/mol. The summed E-state index contributed by atoms with van der Waals surface area (Å²) in [6, 6.07) is 3.60. The Kier molecular flexibility index (Phi) is 4.31. The second kappa shape index (κ2) is 6.24. The first kappa shape index (κ1) is 15.9. The number of fused-ring (bicyclic) bond motifs is 2. The van der Waals surface area contributed by atoms with Gasteiger partial charge in [-0.3, -0.25) is 4.79 Å². The van der Waals surface area contributed by atoms with Crippen molar-refractivity contribution >= 4 is 23.5 Å². The smallest absolute Gasteiger partial charge is 0.330 e. The normalized spacial score (nSPS) is 26.1. The van der Waals surface area contributed by atoms with Crippen molar-refractivity contribution < 1.29 is 19.4 Å². The molecule has 0 saturated heterocycles. The lowest BCUT2D eigenvalue weighted by Crippen LogP contribution is -2.39. The highest BCUT2D eigenvalue weighted by atomic mass is 35.5. The molecule has 1 aromatic carbocycles. The maximum Gasteiger partial charge on any atom is 0.330 e. The molecule has 0 spiro atoms. The van der Waals surface area contributed by atoms with Crippen LogP contribution >= 0.6 is 11.6 Å². The fourth-order valence-electron chi connectivity index (χ4n) is 3.48. The van der Waals surface area contributed by atoms with E-state index in [-0.39, 0.29) is 17.7 Å². The molecule has 2 N–H and O–H groups in total. The number of allylic oxidation sites excluding steroid dienone is 2. The topological polar surface area (TPSA) is 75.6 Å². The zero-order valence-electron chi connectivity index (χ0n) is 12.7. The number of rotatable bonds is 5. The first-order chi connectivity index (χ1) is 11.0. The van der Waals surface area contributed by atoms with E-state index in [9.17, 15) is 14.7 Å². The summed E-state index contributed by atoms with van der Waals surface area (Å²) in [7, 11) is 1.49. The van der Waals surface area contributed by atoms with E-state index in [0.29, 0.717) is 22.3 Å². The van der Waals surface area contributed by atoms with Crippen LogP contribution in [-0.4, -0.2) is 24.1 Å². The number of hydrogen-bond acceptors (Lipinski definition) is 3. The molecular formula is C17H18ClNO4. The van der Waals surface area contributed by atoms with Gasteiger partial charge < -0.3 is 15.2 Å². The molecule has 0 radical (unpaired) electrons. The lowest BCUT2D eigenvalue weighted by atomic mass is 9.92. The monoisotopic (exact) mass is 335 g/mol. The standard InChI is InChI=1S/C17H18ClNO4/c1-23-14-5-4-11(8-13(14)18)15(17(21)22)19-16(20)12-7-9-2-3-10(12)6-9/h2-5,8-10,12,15H,6-7H2,1H3,(H,19,20)(H,21,22)/t9-,10-,12-,15-/m0/s1. The Labute approximate surface area is 139 Å². The molecule has 1 aromatic rings. The average Bonchev–Trinajstić information content (AvgIpc) is 3.15. The summed E-state index contributed by atoms with van der Waals surface area (Å²) in [5, 5.41) is 12.4. The summed E-state index contributed by atoms with van der Waals surface area (Å²) >= 11 is 6.05. The Hall–Kier alpha value is -2.01. The van der Waals surface area contributed by atoms with Gasteiger partial charge in [0.15, 0.2) is 6.04 Å².